The van der Waals surface area contributed by atoms with Crippen LogP contribution in [0.25, 0.3) is 0 Å². The lowest BCUT2D eigenvalue weighted by atomic mass is 10.1. The highest BCUT2D eigenvalue weighted by Gasteiger charge is 2.12. The molecule has 0 aliphatic rings. The summed E-state index contributed by atoms with van der Waals surface area (Å²) in [6.07, 6.45) is 0.364. The molecule has 2 aromatic rings. The molecule has 0 bridgehead atoms. The van der Waals surface area contributed by atoms with Gasteiger partial charge in [-0.15, -0.1) is 0 Å². The van der Waals surface area contributed by atoms with Crippen molar-refractivity contribution in [3.8, 4) is 0 Å². The van der Waals surface area contributed by atoms with Gasteiger partial charge in [0.15, 0.2) is 0 Å². The van der Waals surface area contributed by atoms with Crippen LogP contribution in [0.5, 0.6) is 0 Å². The number of methoxy groups -OCH3 is 1. The Morgan fingerprint density at radius 3 is 2.70 bits per heavy atom. The number of rotatable bonds is 4. The van der Waals surface area contributed by atoms with Crippen molar-refractivity contribution in [2.24, 2.45) is 0 Å². The Kier molecular flexibility index (Phi) is 5.32. The molecule has 0 aliphatic heterocycles. The quantitative estimate of drug-likeness (QED) is 0.737. The molecule has 1 heterocycles. The number of halogens is 4. The molecule has 0 saturated carbocycles. The van der Waals surface area contributed by atoms with Gasteiger partial charge >= 0.3 is 0 Å². The highest BCUT2D eigenvalue weighted by Crippen LogP contribution is 2.26. The predicted molar refractivity (Wildman–Crippen MR) is 79.7 cm³/mol. The van der Waals surface area contributed by atoms with E-state index >= 15 is 0 Å². The van der Waals surface area contributed by atoms with E-state index < -0.39 is 0 Å². The minimum atomic E-state index is -0.381. The Hall–Kier alpha value is -0.750. The molecule has 2 rings (SSSR count). The van der Waals surface area contributed by atoms with Crippen LogP contribution in [-0.2, 0) is 17.8 Å². The van der Waals surface area contributed by atoms with Gasteiger partial charge in [0.25, 0.3) is 0 Å². The minimum absolute atomic E-state index is 0.306. The number of aromatic nitrogens is 2. The maximum atomic E-state index is 13.0. The Morgan fingerprint density at radius 1 is 1.30 bits per heavy atom. The third kappa shape index (κ3) is 3.67. The molecule has 0 atom stereocenters. The minimum Gasteiger partial charge on any atom is -0.378 e. The fourth-order valence-electron chi connectivity index (χ4n) is 1.66. The van der Waals surface area contributed by atoms with Gasteiger partial charge in [-0.1, -0.05) is 29.3 Å². The first-order valence-electron chi connectivity index (χ1n) is 5.65. The van der Waals surface area contributed by atoms with Gasteiger partial charge in [0.05, 0.1) is 16.8 Å². The molecular formula is C13H10BrCl2FN2O. The molecule has 0 spiro atoms. The normalized spacial score (nSPS) is 10.8. The van der Waals surface area contributed by atoms with Gasteiger partial charge in [0.2, 0.25) is 0 Å². The van der Waals surface area contributed by atoms with Crippen molar-refractivity contribution in [2.45, 2.75) is 13.0 Å². The van der Waals surface area contributed by atoms with E-state index in [0.717, 1.165) is 5.56 Å². The van der Waals surface area contributed by atoms with Gasteiger partial charge in [-0.3, -0.25) is 0 Å². The summed E-state index contributed by atoms with van der Waals surface area (Å²) in [5, 5.41) is 0.640. The van der Waals surface area contributed by atoms with Crippen molar-refractivity contribution in [3.05, 3.63) is 55.7 Å². The van der Waals surface area contributed by atoms with Gasteiger partial charge in [0, 0.05) is 18.6 Å². The molecule has 1 aromatic heterocycles. The Morgan fingerprint density at radius 2 is 2.05 bits per heavy atom. The van der Waals surface area contributed by atoms with Crippen LogP contribution in [0.15, 0.2) is 22.7 Å². The molecule has 0 radical (unpaired) electrons. The maximum Gasteiger partial charge on any atom is 0.147 e. The standard InChI is InChI=1S/C13H10BrCl2FN2O/c1-20-6-10-12(14)13(16)19-11(18-10)4-7-2-3-8(17)5-9(7)15/h2-3,5H,4,6H2,1H3. The first-order chi connectivity index (χ1) is 9.51. The van der Waals surface area contributed by atoms with Gasteiger partial charge in [-0.25, -0.2) is 14.4 Å². The van der Waals surface area contributed by atoms with E-state index in [4.69, 9.17) is 27.9 Å². The zero-order valence-electron chi connectivity index (χ0n) is 10.5. The van der Waals surface area contributed by atoms with Gasteiger partial charge in [-0.05, 0) is 33.6 Å². The zero-order valence-corrected chi connectivity index (χ0v) is 13.6. The summed E-state index contributed by atoms with van der Waals surface area (Å²) >= 11 is 15.3. The topological polar surface area (TPSA) is 35.0 Å². The highest BCUT2D eigenvalue weighted by molar-refractivity contribution is 9.10. The summed E-state index contributed by atoms with van der Waals surface area (Å²) in [6.45, 7) is 0.312. The molecule has 3 nitrogen and oxygen atoms in total. The van der Waals surface area contributed by atoms with E-state index in [9.17, 15) is 4.39 Å². The largest absolute Gasteiger partial charge is 0.378 e. The number of hydrogen-bond donors (Lipinski definition) is 0. The second kappa shape index (κ2) is 6.80. The van der Waals surface area contributed by atoms with Crippen molar-refractivity contribution in [1.82, 2.24) is 9.97 Å². The number of benzene rings is 1. The van der Waals surface area contributed by atoms with E-state index in [1.54, 1.807) is 13.2 Å². The van der Waals surface area contributed by atoms with Crippen LogP contribution in [0.4, 0.5) is 4.39 Å². The summed E-state index contributed by atoms with van der Waals surface area (Å²) in [4.78, 5) is 8.54. The lowest BCUT2D eigenvalue weighted by Crippen LogP contribution is -2.04. The van der Waals surface area contributed by atoms with Gasteiger partial charge in [0.1, 0.15) is 16.8 Å². The van der Waals surface area contributed by atoms with Crippen LogP contribution in [0.2, 0.25) is 10.2 Å². The van der Waals surface area contributed by atoms with Crippen LogP contribution < -0.4 is 0 Å². The van der Waals surface area contributed by atoms with Crippen molar-refractivity contribution >= 4 is 39.1 Å². The van der Waals surface area contributed by atoms with E-state index in [2.05, 4.69) is 25.9 Å². The van der Waals surface area contributed by atoms with E-state index in [1.807, 2.05) is 0 Å². The van der Waals surface area contributed by atoms with E-state index in [1.165, 1.54) is 12.1 Å². The molecule has 0 saturated heterocycles. The van der Waals surface area contributed by atoms with Crippen molar-refractivity contribution in [2.75, 3.05) is 7.11 Å². The average Bonchev–Trinajstić information content (AvgIpc) is 2.39. The molecule has 0 unspecified atom stereocenters. The monoisotopic (exact) mass is 378 g/mol. The zero-order chi connectivity index (χ0) is 14.7. The average molecular weight is 380 g/mol. The molecule has 106 valence electrons. The first kappa shape index (κ1) is 15.6. The summed E-state index contributed by atoms with van der Waals surface area (Å²) in [7, 11) is 1.57. The third-order valence-corrected chi connectivity index (χ3v) is 4.26. The smallest absolute Gasteiger partial charge is 0.147 e. The fraction of sp³-hybridized carbons (Fsp3) is 0.231. The van der Waals surface area contributed by atoms with Crippen molar-refractivity contribution < 1.29 is 9.13 Å². The SMILES string of the molecule is COCc1nc(Cc2ccc(F)cc2Cl)nc(Cl)c1Br. The molecule has 0 amide bonds. The number of hydrogen-bond acceptors (Lipinski definition) is 3. The lowest BCUT2D eigenvalue weighted by molar-refractivity contribution is 0.180. The van der Waals surface area contributed by atoms with E-state index in [-0.39, 0.29) is 5.82 Å². The van der Waals surface area contributed by atoms with Crippen LogP contribution in [0.1, 0.15) is 17.1 Å². The Bertz CT molecular complexity index is 640. The highest BCUT2D eigenvalue weighted by atomic mass is 79.9. The molecular weight excluding hydrogens is 370 g/mol. The summed E-state index contributed by atoms with van der Waals surface area (Å²) in [6, 6.07) is 4.21. The number of nitrogens with zero attached hydrogens (tertiary/aromatic N) is 2. The van der Waals surface area contributed by atoms with Crippen LogP contribution in [0, 0.1) is 5.82 Å². The molecule has 20 heavy (non-hydrogen) atoms. The molecule has 1 aromatic carbocycles. The second-order valence-corrected chi connectivity index (χ2v) is 5.60. The molecule has 0 N–H and O–H groups in total. The molecule has 0 aliphatic carbocycles. The summed E-state index contributed by atoms with van der Waals surface area (Å²) in [5.41, 5.74) is 1.38. The summed E-state index contributed by atoms with van der Waals surface area (Å²) < 4.78 is 18.7. The maximum absolute atomic E-state index is 13.0. The van der Waals surface area contributed by atoms with Gasteiger partial charge < -0.3 is 4.74 Å². The van der Waals surface area contributed by atoms with Crippen LogP contribution in [0.3, 0.4) is 0 Å². The molecule has 0 fully saturated rings. The lowest BCUT2D eigenvalue weighted by Gasteiger charge is -2.08. The van der Waals surface area contributed by atoms with Gasteiger partial charge in [-0.2, -0.15) is 0 Å². The third-order valence-electron chi connectivity index (χ3n) is 2.57. The first-order valence-corrected chi connectivity index (χ1v) is 7.19. The van der Waals surface area contributed by atoms with Crippen molar-refractivity contribution in [3.63, 3.8) is 0 Å². The molecule has 7 heteroatoms. The summed E-state index contributed by atoms with van der Waals surface area (Å²) in [5.74, 6) is 0.118. The van der Waals surface area contributed by atoms with Crippen molar-refractivity contribution in [1.29, 1.82) is 0 Å². The van der Waals surface area contributed by atoms with E-state index in [0.29, 0.717) is 39.2 Å². The number of ether oxygens (including phenoxy) is 1. The Balaban J connectivity index is 2.33. The fourth-order valence-corrected chi connectivity index (χ4v) is 2.39. The Labute approximate surface area is 134 Å². The predicted octanol–water partition coefficient (Wildman–Crippen LogP) is 4.42. The second-order valence-electron chi connectivity index (χ2n) is 4.04. The van der Waals surface area contributed by atoms with Crippen LogP contribution in [-0.4, -0.2) is 17.1 Å². The van der Waals surface area contributed by atoms with Crippen LogP contribution >= 0.6 is 39.1 Å².